The minimum atomic E-state index is -3.64. The number of sulfonamides is 1. The third-order valence-electron chi connectivity index (χ3n) is 6.11. The number of carbonyl (C=O) groups excluding carboxylic acids is 1. The third kappa shape index (κ3) is 4.92. The van der Waals surface area contributed by atoms with Crippen molar-refractivity contribution in [3.63, 3.8) is 0 Å². The zero-order valence-corrected chi connectivity index (χ0v) is 21.8. The molecule has 3 heterocycles. The van der Waals surface area contributed by atoms with Gasteiger partial charge in [0.05, 0.1) is 40.6 Å². The van der Waals surface area contributed by atoms with E-state index in [1.165, 1.54) is 27.8 Å². The number of benzene rings is 2. The Balaban J connectivity index is 1.43. The van der Waals surface area contributed by atoms with Gasteiger partial charge in [-0.15, -0.1) is 0 Å². The smallest absolute Gasteiger partial charge is 0.260 e. The fourth-order valence-electron chi connectivity index (χ4n) is 4.22. The summed E-state index contributed by atoms with van der Waals surface area (Å²) in [6.45, 7) is 6.19. The molecule has 0 bridgehead atoms. The quantitative estimate of drug-likeness (QED) is 0.367. The number of ether oxygens (including phenoxy) is 1. The highest BCUT2D eigenvalue weighted by Crippen LogP contribution is 2.30. The number of nitrogens with zero attached hydrogens (tertiary/aromatic N) is 5. The van der Waals surface area contributed by atoms with Crippen molar-refractivity contribution in [2.75, 3.05) is 37.7 Å². The molecule has 188 valence electrons. The van der Waals surface area contributed by atoms with E-state index in [4.69, 9.17) is 9.72 Å². The maximum absolute atomic E-state index is 13.7. The molecule has 1 aliphatic heterocycles. The maximum atomic E-state index is 13.7. The van der Waals surface area contributed by atoms with Gasteiger partial charge in [-0.3, -0.25) is 14.4 Å². The van der Waals surface area contributed by atoms with Crippen LogP contribution in [0.5, 0.6) is 0 Å². The molecule has 0 atom stereocenters. The second kappa shape index (κ2) is 10.1. The van der Waals surface area contributed by atoms with Gasteiger partial charge in [-0.2, -0.15) is 9.40 Å². The number of aryl methyl sites for hydroxylation is 2. The fraction of sp³-hybridized carbons (Fsp3) is 0.320. The van der Waals surface area contributed by atoms with Gasteiger partial charge in [0.25, 0.3) is 5.91 Å². The Hall–Kier alpha value is -3.12. The van der Waals surface area contributed by atoms with Gasteiger partial charge in [0.2, 0.25) is 10.0 Å². The van der Waals surface area contributed by atoms with Crippen LogP contribution >= 0.6 is 11.3 Å². The summed E-state index contributed by atoms with van der Waals surface area (Å²) in [4.78, 5) is 20.2. The fourth-order valence-corrected chi connectivity index (χ4v) is 6.61. The number of thiazole rings is 1. The van der Waals surface area contributed by atoms with Gasteiger partial charge in [-0.25, -0.2) is 13.4 Å². The van der Waals surface area contributed by atoms with Crippen LogP contribution < -0.4 is 4.90 Å². The second-order valence-electron chi connectivity index (χ2n) is 8.61. The summed E-state index contributed by atoms with van der Waals surface area (Å²) < 4.78 is 35.5. The van der Waals surface area contributed by atoms with Crippen LogP contribution in [0.25, 0.3) is 10.2 Å². The molecule has 0 aliphatic carbocycles. The Morgan fingerprint density at radius 1 is 1.08 bits per heavy atom. The lowest BCUT2D eigenvalue weighted by Gasteiger charge is -2.26. The van der Waals surface area contributed by atoms with Crippen molar-refractivity contribution >= 4 is 42.6 Å². The zero-order chi connectivity index (χ0) is 25.3. The van der Waals surface area contributed by atoms with E-state index in [2.05, 4.69) is 5.10 Å². The van der Waals surface area contributed by atoms with E-state index in [9.17, 15) is 13.2 Å². The summed E-state index contributed by atoms with van der Waals surface area (Å²) in [7, 11) is -3.64. The Morgan fingerprint density at radius 2 is 1.81 bits per heavy atom. The first kappa shape index (κ1) is 24.6. The zero-order valence-electron chi connectivity index (χ0n) is 20.1. The van der Waals surface area contributed by atoms with E-state index in [1.54, 1.807) is 17.0 Å². The molecule has 11 heteroatoms. The maximum Gasteiger partial charge on any atom is 0.260 e. The van der Waals surface area contributed by atoms with Gasteiger partial charge in [0.1, 0.15) is 0 Å². The summed E-state index contributed by atoms with van der Waals surface area (Å²) in [5.41, 5.74) is 3.15. The van der Waals surface area contributed by atoms with Crippen molar-refractivity contribution in [3.8, 4) is 0 Å². The van der Waals surface area contributed by atoms with Crippen LogP contribution in [0, 0.1) is 13.8 Å². The van der Waals surface area contributed by atoms with Crippen LogP contribution in [0.2, 0.25) is 0 Å². The average Bonchev–Trinajstić information content (AvgIpc) is 3.46. The van der Waals surface area contributed by atoms with Crippen molar-refractivity contribution in [1.82, 2.24) is 19.1 Å². The van der Waals surface area contributed by atoms with Crippen molar-refractivity contribution < 1.29 is 17.9 Å². The van der Waals surface area contributed by atoms with E-state index < -0.39 is 10.0 Å². The Kier molecular flexibility index (Phi) is 6.89. The van der Waals surface area contributed by atoms with E-state index >= 15 is 0 Å². The Labute approximate surface area is 214 Å². The van der Waals surface area contributed by atoms with Crippen molar-refractivity contribution in [1.29, 1.82) is 0 Å². The van der Waals surface area contributed by atoms with Crippen LogP contribution in [0.4, 0.5) is 5.13 Å². The lowest BCUT2D eigenvalue weighted by molar-refractivity contribution is 0.0730. The normalized spacial score (nSPS) is 14.8. The first-order chi connectivity index (χ1) is 17.3. The highest BCUT2D eigenvalue weighted by atomic mass is 32.2. The van der Waals surface area contributed by atoms with Crippen LogP contribution in [0.3, 0.4) is 0 Å². The molecule has 0 N–H and O–H groups in total. The number of rotatable bonds is 7. The summed E-state index contributed by atoms with van der Waals surface area (Å²) >= 11 is 1.45. The predicted molar refractivity (Wildman–Crippen MR) is 139 cm³/mol. The molecule has 0 unspecified atom stereocenters. The minimum absolute atomic E-state index is 0.162. The number of amides is 1. The minimum Gasteiger partial charge on any atom is -0.379 e. The molecule has 1 aliphatic rings. The van der Waals surface area contributed by atoms with Crippen LogP contribution in [-0.2, 0) is 21.3 Å². The molecule has 2 aromatic heterocycles. The number of hydrogen-bond acceptors (Lipinski definition) is 7. The first-order valence-corrected chi connectivity index (χ1v) is 13.9. The molecular weight excluding hydrogens is 498 g/mol. The first-order valence-electron chi connectivity index (χ1n) is 11.7. The monoisotopic (exact) mass is 525 g/mol. The Morgan fingerprint density at radius 3 is 2.47 bits per heavy atom. The summed E-state index contributed by atoms with van der Waals surface area (Å²) in [6.07, 6.45) is 0. The van der Waals surface area contributed by atoms with Gasteiger partial charge >= 0.3 is 0 Å². The predicted octanol–water partition coefficient (Wildman–Crippen LogP) is 3.48. The lowest BCUT2D eigenvalue weighted by Crippen LogP contribution is -2.40. The van der Waals surface area contributed by atoms with Crippen LogP contribution in [0.15, 0.2) is 59.5 Å². The average molecular weight is 526 g/mol. The number of carbonyl (C=O) groups is 1. The molecule has 36 heavy (non-hydrogen) atoms. The summed E-state index contributed by atoms with van der Waals surface area (Å²) in [5.74, 6) is -0.245. The van der Waals surface area contributed by atoms with Crippen LogP contribution in [0.1, 0.15) is 21.7 Å². The topological polar surface area (TPSA) is 97.6 Å². The molecule has 1 saturated heterocycles. The molecular formula is C25H27N5O4S2. The number of para-hydroxylation sites is 1. The van der Waals surface area contributed by atoms with Crippen molar-refractivity contribution in [3.05, 3.63) is 71.5 Å². The largest absolute Gasteiger partial charge is 0.379 e. The van der Waals surface area contributed by atoms with Gasteiger partial charge < -0.3 is 4.74 Å². The number of aromatic nitrogens is 3. The van der Waals surface area contributed by atoms with Crippen molar-refractivity contribution in [2.45, 2.75) is 25.3 Å². The number of fused-ring (bicyclic) bond motifs is 1. The van der Waals surface area contributed by atoms with Crippen molar-refractivity contribution in [2.24, 2.45) is 0 Å². The highest BCUT2D eigenvalue weighted by Gasteiger charge is 2.27. The molecule has 0 radical (unpaired) electrons. The van der Waals surface area contributed by atoms with Crippen LogP contribution in [-0.4, -0.2) is 66.2 Å². The van der Waals surface area contributed by atoms with Gasteiger partial charge in [-0.05, 0) is 56.3 Å². The van der Waals surface area contributed by atoms with E-state index in [-0.39, 0.29) is 10.8 Å². The standard InChI is InChI=1S/C25H27N5O4S2/c1-18-17-19(2)30(27-18)12-11-29(25-26-22-5-3-4-6-23(22)35-25)24(31)20-7-9-21(10-8-20)36(32,33)28-13-15-34-16-14-28/h3-10,17H,11-16H2,1-2H3. The van der Waals surface area contributed by atoms with Gasteiger partial charge in [0.15, 0.2) is 5.13 Å². The lowest BCUT2D eigenvalue weighted by atomic mass is 10.2. The number of morpholine rings is 1. The second-order valence-corrected chi connectivity index (χ2v) is 11.6. The molecule has 5 rings (SSSR count). The summed E-state index contributed by atoms with van der Waals surface area (Å²) in [5, 5.41) is 5.11. The Bertz CT molecular complexity index is 1460. The molecule has 0 saturated carbocycles. The molecule has 4 aromatic rings. The molecule has 9 nitrogen and oxygen atoms in total. The van der Waals surface area contributed by atoms with E-state index in [0.29, 0.717) is 50.1 Å². The van der Waals surface area contributed by atoms with Gasteiger partial charge in [0, 0.05) is 30.9 Å². The highest BCUT2D eigenvalue weighted by molar-refractivity contribution is 7.89. The molecule has 0 spiro atoms. The molecule has 1 fully saturated rings. The van der Waals surface area contributed by atoms with E-state index in [0.717, 1.165) is 21.6 Å². The summed E-state index contributed by atoms with van der Waals surface area (Å²) in [6, 6.07) is 15.9. The van der Waals surface area contributed by atoms with E-state index in [1.807, 2.05) is 48.9 Å². The molecule has 1 amide bonds. The number of hydrogen-bond donors (Lipinski definition) is 0. The SMILES string of the molecule is Cc1cc(C)n(CCN(C(=O)c2ccc(S(=O)(=O)N3CCOCC3)cc2)c2nc3ccccc3s2)n1. The van der Waals surface area contributed by atoms with Gasteiger partial charge in [-0.1, -0.05) is 23.5 Å². The third-order valence-corrected chi connectivity index (χ3v) is 9.08. The molecule has 2 aromatic carbocycles. The number of anilines is 1.